The van der Waals surface area contributed by atoms with Gasteiger partial charge in [0.1, 0.15) is 23.6 Å². The van der Waals surface area contributed by atoms with Crippen LogP contribution in [0, 0.1) is 5.82 Å². The van der Waals surface area contributed by atoms with Gasteiger partial charge >= 0.3 is 6.03 Å². The maximum Gasteiger partial charge on any atom is 0.322 e. The van der Waals surface area contributed by atoms with Crippen LogP contribution in [0.3, 0.4) is 0 Å². The van der Waals surface area contributed by atoms with Gasteiger partial charge in [-0.05, 0) is 12.5 Å². The molecule has 198 valence electrons. The average molecular weight is 525 g/mol. The Morgan fingerprint density at radius 1 is 1.25 bits per heavy atom. The van der Waals surface area contributed by atoms with Crippen LogP contribution in [0.15, 0.2) is 12.3 Å². The van der Waals surface area contributed by atoms with E-state index in [4.69, 9.17) is 4.74 Å². The molecule has 0 aliphatic carbocycles. The highest BCUT2D eigenvalue weighted by Crippen LogP contribution is 2.42. The van der Waals surface area contributed by atoms with Crippen molar-refractivity contribution in [3.8, 4) is 0 Å². The highest BCUT2D eigenvalue weighted by Gasteiger charge is 2.47. The number of carbonyl (C=O) groups is 1. The maximum atomic E-state index is 15.1. The Morgan fingerprint density at radius 2 is 2.00 bits per heavy atom. The molecule has 0 unspecified atom stereocenters. The molecule has 0 saturated heterocycles. The van der Waals surface area contributed by atoms with Crippen molar-refractivity contribution in [3.63, 3.8) is 0 Å². The summed E-state index contributed by atoms with van der Waals surface area (Å²) in [6.07, 6.45) is -6.29. The van der Waals surface area contributed by atoms with Crippen LogP contribution in [-0.2, 0) is 30.2 Å². The number of hydrogen-bond donors (Lipinski definition) is 2. The van der Waals surface area contributed by atoms with Crippen molar-refractivity contribution in [3.05, 3.63) is 40.7 Å². The number of nitrogens with zero attached hydrogens (tertiary/aromatic N) is 4. The van der Waals surface area contributed by atoms with E-state index in [0.717, 1.165) is 21.8 Å². The number of amides is 2. The van der Waals surface area contributed by atoms with E-state index in [1.54, 1.807) is 0 Å². The number of anilines is 1. The number of pyridine rings is 1. The van der Waals surface area contributed by atoms with Gasteiger partial charge in [-0.25, -0.2) is 26.7 Å². The molecule has 15 heteroatoms. The number of aliphatic hydroxyl groups is 1. The summed E-state index contributed by atoms with van der Waals surface area (Å²) in [7, 11) is 0. The lowest BCUT2D eigenvalue weighted by Crippen LogP contribution is -2.40. The van der Waals surface area contributed by atoms with Crippen molar-refractivity contribution in [2.75, 3.05) is 25.1 Å². The van der Waals surface area contributed by atoms with Crippen LogP contribution in [0.5, 0.6) is 0 Å². The molecule has 0 aromatic carbocycles. The van der Waals surface area contributed by atoms with E-state index in [9.17, 15) is 31.9 Å². The molecule has 2 aliphatic rings. The molecule has 0 fully saturated rings. The minimum atomic E-state index is -3.46. The van der Waals surface area contributed by atoms with Crippen molar-refractivity contribution >= 4 is 11.7 Å². The molecule has 0 radical (unpaired) electrons. The van der Waals surface area contributed by atoms with Crippen LogP contribution in [-0.4, -0.2) is 62.6 Å². The third-order valence-electron chi connectivity index (χ3n) is 6.06. The third kappa shape index (κ3) is 5.26. The van der Waals surface area contributed by atoms with Crippen LogP contribution < -0.4 is 5.32 Å². The van der Waals surface area contributed by atoms with Gasteiger partial charge < -0.3 is 20.1 Å². The molecule has 8 nitrogen and oxygen atoms in total. The Kier molecular flexibility index (Phi) is 7.14. The van der Waals surface area contributed by atoms with Crippen LogP contribution in [0.1, 0.15) is 41.9 Å². The zero-order valence-corrected chi connectivity index (χ0v) is 18.7. The normalized spacial score (nSPS) is 21.3. The van der Waals surface area contributed by atoms with E-state index >= 15 is 8.78 Å². The molecule has 2 aromatic rings. The van der Waals surface area contributed by atoms with Gasteiger partial charge in [-0.3, -0.25) is 9.67 Å². The van der Waals surface area contributed by atoms with Crippen molar-refractivity contribution in [2.45, 2.75) is 56.7 Å². The number of fused-ring (bicyclic) bond motifs is 3. The van der Waals surface area contributed by atoms with E-state index in [0.29, 0.717) is 0 Å². The number of hydrogen-bond acceptors (Lipinski definition) is 5. The highest BCUT2D eigenvalue weighted by atomic mass is 19.3. The van der Waals surface area contributed by atoms with Crippen molar-refractivity contribution < 1.29 is 45.4 Å². The lowest BCUT2D eigenvalue weighted by molar-refractivity contribution is -0.0926. The SMILES string of the molecule is O=C(Nc1ccnc(C(F)F)c1F)N1CCc2nn3c(c2C1)C(F)(F)CC[C@](O)(COCC(F)F)C3. The average Bonchev–Trinajstić information content (AvgIpc) is 3.11. The summed E-state index contributed by atoms with van der Waals surface area (Å²) in [5.74, 6) is -4.87. The molecule has 2 aliphatic heterocycles. The second kappa shape index (κ2) is 9.84. The molecule has 1 atom stereocenters. The Labute approximate surface area is 200 Å². The Bertz CT molecular complexity index is 1130. The lowest BCUT2D eigenvalue weighted by Gasteiger charge is -2.28. The molecule has 0 bridgehead atoms. The molecule has 2 N–H and O–H groups in total. The second-order valence-electron chi connectivity index (χ2n) is 8.73. The summed E-state index contributed by atoms with van der Waals surface area (Å²) in [6.45, 7) is -2.30. The molecule has 36 heavy (non-hydrogen) atoms. The maximum absolute atomic E-state index is 15.1. The molecule has 2 amide bonds. The van der Waals surface area contributed by atoms with Crippen LogP contribution in [0.2, 0.25) is 0 Å². The predicted molar refractivity (Wildman–Crippen MR) is 109 cm³/mol. The highest BCUT2D eigenvalue weighted by molar-refractivity contribution is 5.89. The summed E-state index contributed by atoms with van der Waals surface area (Å²) >= 11 is 0. The summed E-state index contributed by atoms with van der Waals surface area (Å²) in [5, 5.41) is 17.1. The molecule has 0 spiro atoms. The number of nitrogens with one attached hydrogen (secondary N) is 1. The van der Waals surface area contributed by atoms with Gasteiger partial charge in [0.2, 0.25) is 0 Å². The van der Waals surface area contributed by atoms with Crippen LogP contribution >= 0.6 is 0 Å². The van der Waals surface area contributed by atoms with E-state index in [1.807, 2.05) is 0 Å². The summed E-state index contributed by atoms with van der Waals surface area (Å²) in [5.41, 5.74) is -3.75. The molecular formula is C21H22F7N5O3. The molecule has 2 aromatic heterocycles. The number of ether oxygens (including phenoxy) is 1. The van der Waals surface area contributed by atoms with Crippen molar-refractivity contribution in [2.24, 2.45) is 0 Å². The van der Waals surface area contributed by atoms with E-state index in [2.05, 4.69) is 15.4 Å². The quantitative estimate of drug-likeness (QED) is 0.560. The van der Waals surface area contributed by atoms with Gasteiger partial charge in [0.25, 0.3) is 18.8 Å². The lowest BCUT2D eigenvalue weighted by atomic mass is 9.95. The van der Waals surface area contributed by atoms with Gasteiger partial charge in [0.05, 0.1) is 31.1 Å². The minimum absolute atomic E-state index is 0.0109. The van der Waals surface area contributed by atoms with Gasteiger partial charge in [-0.2, -0.15) is 13.9 Å². The van der Waals surface area contributed by atoms with Gasteiger partial charge in [-0.1, -0.05) is 0 Å². The summed E-state index contributed by atoms with van der Waals surface area (Å²) < 4.78 is 101. The van der Waals surface area contributed by atoms with Crippen LogP contribution in [0.25, 0.3) is 0 Å². The fourth-order valence-electron chi connectivity index (χ4n) is 4.35. The number of rotatable bonds is 6. The second-order valence-corrected chi connectivity index (χ2v) is 8.73. The first-order valence-corrected chi connectivity index (χ1v) is 10.9. The Morgan fingerprint density at radius 3 is 2.69 bits per heavy atom. The van der Waals surface area contributed by atoms with Gasteiger partial charge in [-0.15, -0.1) is 0 Å². The van der Waals surface area contributed by atoms with Crippen molar-refractivity contribution in [1.82, 2.24) is 19.7 Å². The number of urea groups is 1. The fourth-order valence-corrected chi connectivity index (χ4v) is 4.35. The first-order valence-electron chi connectivity index (χ1n) is 10.9. The minimum Gasteiger partial charge on any atom is -0.386 e. The smallest absolute Gasteiger partial charge is 0.322 e. The zero-order valence-electron chi connectivity index (χ0n) is 18.7. The molecular weight excluding hydrogens is 503 g/mol. The monoisotopic (exact) mass is 525 g/mol. The topological polar surface area (TPSA) is 92.5 Å². The predicted octanol–water partition coefficient (Wildman–Crippen LogP) is 3.84. The molecule has 4 heterocycles. The number of carbonyl (C=O) groups excluding carboxylic acids is 1. The Hall–Kier alpha value is -2.94. The van der Waals surface area contributed by atoms with E-state index < -0.39 is 85.9 Å². The molecule has 0 saturated carbocycles. The number of aromatic nitrogens is 3. The first-order chi connectivity index (χ1) is 16.9. The number of alkyl halides is 6. The van der Waals surface area contributed by atoms with E-state index in [-0.39, 0.29) is 30.8 Å². The standard InChI is InChI=1S/C21H22F7N5O3/c22-14(23)8-36-10-20(35)3-4-21(27,28)17-11-7-32(6-2-12(11)31-33(17)9-20)19(34)30-13-1-5-29-16(15(13)24)18(25)26/h1,5,14,18,35H,2-4,6-10H2,(H,29,30,34)/t20-/m1/s1. The third-order valence-corrected chi connectivity index (χ3v) is 6.06. The summed E-state index contributed by atoms with van der Waals surface area (Å²) in [4.78, 5) is 17.1. The summed E-state index contributed by atoms with van der Waals surface area (Å²) in [6, 6.07) is 0.0886. The first kappa shape index (κ1) is 26.1. The fraction of sp³-hybridized carbons (Fsp3) is 0.571. The van der Waals surface area contributed by atoms with Gasteiger partial charge in [0, 0.05) is 31.1 Å². The largest absolute Gasteiger partial charge is 0.386 e. The molecule has 4 rings (SSSR count). The van der Waals surface area contributed by atoms with E-state index in [1.165, 1.54) is 0 Å². The Balaban J connectivity index is 1.55. The number of halogens is 7. The zero-order chi connectivity index (χ0) is 26.3. The van der Waals surface area contributed by atoms with Crippen molar-refractivity contribution in [1.29, 1.82) is 0 Å². The van der Waals surface area contributed by atoms with Gasteiger partial charge in [0.15, 0.2) is 5.82 Å². The van der Waals surface area contributed by atoms with Crippen LogP contribution in [0.4, 0.5) is 41.2 Å².